The molecule has 1 aromatic heterocycles. The van der Waals surface area contributed by atoms with E-state index < -0.39 is 0 Å². The number of hydrogen-bond acceptors (Lipinski definition) is 5. The zero-order valence-electron chi connectivity index (χ0n) is 17.3. The van der Waals surface area contributed by atoms with Gasteiger partial charge in [-0.3, -0.25) is 4.79 Å². The van der Waals surface area contributed by atoms with Crippen LogP contribution in [0, 0.1) is 6.92 Å². The average molecular weight is 403 g/mol. The van der Waals surface area contributed by atoms with Crippen LogP contribution in [0.15, 0.2) is 54.6 Å². The van der Waals surface area contributed by atoms with Gasteiger partial charge in [0.1, 0.15) is 11.4 Å². The molecule has 0 radical (unpaired) electrons. The van der Waals surface area contributed by atoms with Gasteiger partial charge in [0, 0.05) is 37.1 Å². The summed E-state index contributed by atoms with van der Waals surface area (Å²) in [5.41, 5.74) is 2.92. The number of amides is 1. The number of ether oxygens (including phenoxy) is 1. The van der Waals surface area contributed by atoms with E-state index in [0.29, 0.717) is 49.7 Å². The molecule has 1 fully saturated rings. The number of rotatable bonds is 4. The fraction of sp³-hybridized carbons (Fsp3) is 0.292. The van der Waals surface area contributed by atoms with E-state index in [1.165, 1.54) is 0 Å². The maximum Gasteiger partial charge on any atom is 0.342 e. The van der Waals surface area contributed by atoms with E-state index in [9.17, 15) is 9.59 Å². The Labute approximate surface area is 176 Å². The molecule has 2 heterocycles. The normalized spacial score (nSPS) is 14.1. The minimum atomic E-state index is -0.356. The highest BCUT2D eigenvalue weighted by Gasteiger charge is 2.28. The Balaban J connectivity index is 1.63. The predicted octanol–water partition coefficient (Wildman–Crippen LogP) is 3.68. The van der Waals surface area contributed by atoms with E-state index in [1.807, 2.05) is 66.4 Å². The van der Waals surface area contributed by atoms with Crippen LogP contribution in [0.3, 0.4) is 0 Å². The standard InChI is InChI=1S/C24H25N3O3/c1-3-30-24(29)21-17(2)19-11-7-8-12-20(19)25-22(21)26-13-15-27(16-14-26)23(28)18-9-5-4-6-10-18/h4-12H,3,13-16H2,1-2H3. The maximum absolute atomic E-state index is 12.8. The minimum Gasteiger partial charge on any atom is -0.462 e. The Morgan fingerprint density at radius 2 is 1.63 bits per heavy atom. The van der Waals surface area contributed by atoms with Crippen LogP contribution in [0.1, 0.15) is 33.2 Å². The van der Waals surface area contributed by atoms with Crippen molar-refractivity contribution in [3.8, 4) is 0 Å². The van der Waals surface area contributed by atoms with E-state index in [-0.39, 0.29) is 11.9 Å². The van der Waals surface area contributed by atoms with Crippen molar-refractivity contribution in [2.75, 3.05) is 37.7 Å². The van der Waals surface area contributed by atoms with Crippen molar-refractivity contribution in [1.82, 2.24) is 9.88 Å². The monoisotopic (exact) mass is 403 g/mol. The third kappa shape index (κ3) is 3.73. The zero-order valence-corrected chi connectivity index (χ0v) is 17.3. The van der Waals surface area contributed by atoms with Gasteiger partial charge in [0.2, 0.25) is 0 Å². The molecule has 0 N–H and O–H groups in total. The molecule has 30 heavy (non-hydrogen) atoms. The van der Waals surface area contributed by atoms with Gasteiger partial charge in [0.05, 0.1) is 12.1 Å². The van der Waals surface area contributed by atoms with Gasteiger partial charge in [-0.1, -0.05) is 36.4 Å². The maximum atomic E-state index is 12.8. The third-order valence-corrected chi connectivity index (χ3v) is 5.50. The topological polar surface area (TPSA) is 62.7 Å². The predicted molar refractivity (Wildman–Crippen MR) is 117 cm³/mol. The summed E-state index contributed by atoms with van der Waals surface area (Å²) in [5.74, 6) is 0.311. The number of carbonyl (C=O) groups excluding carboxylic acids is 2. The smallest absolute Gasteiger partial charge is 0.342 e. The van der Waals surface area contributed by atoms with Crippen LogP contribution in [-0.2, 0) is 4.74 Å². The first-order chi connectivity index (χ1) is 14.6. The molecule has 0 unspecified atom stereocenters. The highest BCUT2D eigenvalue weighted by molar-refractivity contribution is 6.02. The molecule has 154 valence electrons. The number of para-hydroxylation sites is 1. The number of hydrogen-bond donors (Lipinski definition) is 0. The summed E-state index contributed by atoms with van der Waals surface area (Å²) < 4.78 is 5.34. The number of benzene rings is 2. The molecule has 1 saturated heterocycles. The van der Waals surface area contributed by atoms with Crippen molar-refractivity contribution < 1.29 is 14.3 Å². The lowest BCUT2D eigenvalue weighted by atomic mass is 10.0. The van der Waals surface area contributed by atoms with Crippen molar-refractivity contribution in [1.29, 1.82) is 0 Å². The van der Waals surface area contributed by atoms with Crippen molar-refractivity contribution in [2.24, 2.45) is 0 Å². The molecular formula is C24H25N3O3. The quantitative estimate of drug-likeness (QED) is 0.622. The van der Waals surface area contributed by atoms with Crippen molar-refractivity contribution in [3.63, 3.8) is 0 Å². The first-order valence-corrected chi connectivity index (χ1v) is 10.3. The fourth-order valence-electron chi connectivity index (χ4n) is 3.92. The van der Waals surface area contributed by atoms with Crippen LogP contribution in [0.5, 0.6) is 0 Å². The number of aromatic nitrogens is 1. The van der Waals surface area contributed by atoms with Crippen molar-refractivity contribution >= 4 is 28.6 Å². The second kappa shape index (κ2) is 8.53. The SMILES string of the molecule is CCOC(=O)c1c(N2CCN(C(=O)c3ccccc3)CC2)nc2ccccc2c1C. The van der Waals surface area contributed by atoms with E-state index in [2.05, 4.69) is 4.90 Å². The molecule has 1 amide bonds. The summed E-state index contributed by atoms with van der Waals surface area (Å²) in [6, 6.07) is 17.1. The summed E-state index contributed by atoms with van der Waals surface area (Å²) in [7, 11) is 0. The van der Waals surface area contributed by atoms with E-state index >= 15 is 0 Å². The van der Waals surface area contributed by atoms with Gasteiger partial charge in [-0.2, -0.15) is 0 Å². The van der Waals surface area contributed by atoms with Crippen molar-refractivity contribution in [3.05, 3.63) is 71.3 Å². The number of fused-ring (bicyclic) bond motifs is 1. The zero-order chi connectivity index (χ0) is 21.1. The average Bonchev–Trinajstić information content (AvgIpc) is 2.79. The summed E-state index contributed by atoms with van der Waals surface area (Å²) >= 11 is 0. The summed E-state index contributed by atoms with van der Waals surface area (Å²) in [6.45, 7) is 6.41. The van der Waals surface area contributed by atoms with Crippen LogP contribution >= 0.6 is 0 Å². The highest BCUT2D eigenvalue weighted by atomic mass is 16.5. The van der Waals surface area contributed by atoms with Gasteiger partial charge in [0.15, 0.2) is 0 Å². The van der Waals surface area contributed by atoms with Crippen LogP contribution < -0.4 is 4.90 Å². The molecule has 0 saturated carbocycles. The van der Waals surface area contributed by atoms with E-state index in [4.69, 9.17) is 9.72 Å². The summed E-state index contributed by atoms with van der Waals surface area (Å²) in [4.78, 5) is 34.3. The molecule has 3 aromatic rings. The number of nitrogens with zero attached hydrogens (tertiary/aromatic N) is 3. The number of piperazine rings is 1. The van der Waals surface area contributed by atoms with Crippen LogP contribution in [0.2, 0.25) is 0 Å². The number of anilines is 1. The minimum absolute atomic E-state index is 0.0310. The van der Waals surface area contributed by atoms with Gasteiger partial charge in [-0.05, 0) is 37.6 Å². The number of pyridine rings is 1. The molecule has 0 spiro atoms. The number of aryl methyl sites for hydroxylation is 1. The molecule has 1 aliphatic rings. The molecule has 6 nitrogen and oxygen atoms in total. The Hall–Kier alpha value is -3.41. The van der Waals surface area contributed by atoms with Gasteiger partial charge >= 0.3 is 5.97 Å². The number of carbonyl (C=O) groups is 2. The first-order valence-electron chi connectivity index (χ1n) is 10.3. The fourth-order valence-corrected chi connectivity index (χ4v) is 3.92. The van der Waals surface area contributed by atoms with Crippen molar-refractivity contribution in [2.45, 2.75) is 13.8 Å². The number of esters is 1. The van der Waals surface area contributed by atoms with E-state index in [1.54, 1.807) is 6.92 Å². The van der Waals surface area contributed by atoms with Gasteiger partial charge in [-0.25, -0.2) is 9.78 Å². The second-order valence-electron chi connectivity index (χ2n) is 7.32. The lowest BCUT2D eigenvalue weighted by molar-refractivity contribution is 0.0525. The summed E-state index contributed by atoms with van der Waals surface area (Å²) in [5, 5.41) is 0.946. The second-order valence-corrected chi connectivity index (χ2v) is 7.32. The van der Waals surface area contributed by atoms with E-state index in [0.717, 1.165) is 16.5 Å². The van der Waals surface area contributed by atoms with Crippen LogP contribution in [0.4, 0.5) is 5.82 Å². The molecule has 4 rings (SSSR count). The van der Waals surface area contributed by atoms with Gasteiger partial charge in [0.25, 0.3) is 5.91 Å². The Bertz CT molecular complexity index is 1070. The van der Waals surface area contributed by atoms with Gasteiger partial charge < -0.3 is 14.5 Å². The lowest BCUT2D eigenvalue weighted by Gasteiger charge is -2.36. The lowest BCUT2D eigenvalue weighted by Crippen LogP contribution is -2.49. The molecule has 6 heteroatoms. The Morgan fingerprint density at radius 1 is 0.967 bits per heavy atom. The first kappa shape index (κ1) is 19.9. The molecule has 0 bridgehead atoms. The van der Waals surface area contributed by atoms with Gasteiger partial charge in [-0.15, -0.1) is 0 Å². The molecule has 0 aliphatic carbocycles. The van der Waals surface area contributed by atoms with Crippen LogP contribution in [0.25, 0.3) is 10.9 Å². The summed E-state index contributed by atoms with van der Waals surface area (Å²) in [6.07, 6.45) is 0. The Morgan fingerprint density at radius 3 is 2.33 bits per heavy atom. The molecule has 1 aliphatic heterocycles. The molecular weight excluding hydrogens is 378 g/mol. The highest BCUT2D eigenvalue weighted by Crippen LogP contribution is 2.30. The Kier molecular flexibility index (Phi) is 5.65. The molecule has 0 atom stereocenters. The largest absolute Gasteiger partial charge is 0.462 e. The molecule has 2 aromatic carbocycles. The third-order valence-electron chi connectivity index (χ3n) is 5.50. The van der Waals surface area contributed by atoms with Crippen LogP contribution in [-0.4, -0.2) is 54.5 Å².